The second kappa shape index (κ2) is 10.2. The van der Waals surface area contributed by atoms with Gasteiger partial charge in [0, 0.05) is 35.1 Å². The predicted molar refractivity (Wildman–Crippen MR) is 136 cm³/mol. The van der Waals surface area contributed by atoms with Crippen LogP contribution in [-0.2, 0) is 4.79 Å². The van der Waals surface area contributed by atoms with Gasteiger partial charge in [-0.3, -0.25) is 9.59 Å². The minimum atomic E-state index is -0.250. The average molecular weight is 478 g/mol. The van der Waals surface area contributed by atoms with Gasteiger partial charge in [-0.15, -0.1) is 0 Å². The summed E-state index contributed by atoms with van der Waals surface area (Å²) in [6.07, 6.45) is 8.82. The molecule has 3 fully saturated rings. The fourth-order valence-electron chi connectivity index (χ4n) is 5.16. The smallest absolute Gasteiger partial charge is 0.251 e. The van der Waals surface area contributed by atoms with Crippen LogP contribution in [0, 0.1) is 5.92 Å². The van der Waals surface area contributed by atoms with Gasteiger partial charge in [0.15, 0.2) is 0 Å². The molecule has 2 unspecified atom stereocenters. The number of benzene rings is 1. The van der Waals surface area contributed by atoms with Gasteiger partial charge in [-0.2, -0.15) is 4.98 Å². The van der Waals surface area contributed by atoms with Crippen molar-refractivity contribution < 1.29 is 9.59 Å². The Hall–Kier alpha value is -3.20. The first kappa shape index (κ1) is 23.5. The van der Waals surface area contributed by atoms with Gasteiger partial charge in [-0.05, 0) is 88.8 Å². The Balaban J connectivity index is 1.24. The molecule has 186 valence electrons. The van der Waals surface area contributed by atoms with Crippen LogP contribution in [0.15, 0.2) is 30.5 Å². The molecule has 2 amide bonds. The Morgan fingerprint density at radius 1 is 1.03 bits per heavy atom. The first-order valence-corrected chi connectivity index (χ1v) is 12.8. The molecule has 5 rings (SSSR count). The number of carbonyl (C=O) groups is 2. The second-order valence-corrected chi connectivity index (χ2v) is 10.2. The van der Waals surface area contributed by atoms with Gasteiger partial charge in [-0.1, -0.05) is 6.42 Å². The van der Waals surface area contributed by atoms with E-state index in [9.17, 15) is 9.59 Å². The number of amides is 2. The van der Waals surface area contributed by atoms with Crippen molar-refractivity contribution in [3.05, 3.63) is 41.6 Å². The van der Waals surface area contributed by atoms with E-state index in [2.05, 4.69) is 32.9 Å². The number of hydrogen-bond acceptors (Lipinski definition) is 7. The van der Waals surface area contributed by atoms with Crippen LogP contribution in [0.5, 0.6) is 0 Å². The number of piperidine rings is 1. The molecule has 2 aromatic rings. The van der Waals surface area contributed by atoms with Crippen molar-refractivity contribution in [3.8, 4) is 0 Å². The minimum Gasteiger partial charge on any atom is -0.369 e. The normalized spacial score (nSPS) is 23.1. The quantitative estimate of drug-likeness (QED) is 0.461. The molecule has 5 N–H and O–H groups in total. The van der Waals surface area contributed by atoms with E-state index in [1.165, 1.54) is 0 Å². The van der Waals surface area contributed by atoms with E-state index < -0.39 is 0 Å². The van der Waals surface area contributed by atoms with Crippen LogP contribution in [-0.4, -0.2) is 58.9 Å². The number of nitrogens with two attached hydrogens (primary N) is 1. The highest BCUT2D eigenvalue weighted by atomic mass is 16.2. The van der Waals surface area contributed by atoms with Crippen LogP contribution in [0.4, 0.5) is 17.5 Å². The summed E-state index contributed by atoms with van der Waals surface area (Å²) in [5.74, 6) is 1.29. The summed E-state index contributed by atoms with van der Waals surface area (Å²) >= 11 is 0. The topological polar surface area (TPSA) is 125 Å². The lowest BCUT2D eigenvalue weighted by Crippen LogP contribution is -2.43. The molecule has 2 heterocycles. The van der Waals surface area contributed by atoms with Crippen LogP contribution in [0.3, 0.4) is 0 Å². The SMILES string of the molecule is CN1CCC(NC(=O)c2ccc(Nc3ncc(C4CC4)c(NC4CCCC4C(N)=O)n3)cc2)CC1. The Kier molecular flexibility index (Phi) is 6.86. The maximum Gasteiger partial charge on any atom is 0.251 e. The Morgan fingerprint density at radius 3 is 2.46 bits per heavy atom. The summed E-state index contributed by atoms with van der Waals surface area (Å²) in [4.78, 5) is 36.1. The van der Waals surface area contributed by atoms with Crippen LogP contribution in [0.1, 0.15) is 66.8 Å². The highest BCUT2D eigenvalue weighted by Crippen LogP contribution is 2.43. The van der Waals surface area contributed by atoms with E-state index in [-0.39, 0.29) is 29.8 Å². The van der Waals surface area contributed by atoms with Crippen LogP contribution < -0.4 is 21.7 Å². The van der Waals surface area contributed by atoms with Crippen LogP contribution in [0.25, 0.3) is 0 Å². The number of carbonyl (C=O) groups excluding carboxylic acids is 2. The van der Waals surface area contributed by atoms with Crippen molar-refractivity contribution in [3.63, 3.8) is 0 Å². The van der Waals surface area contributed by atoms with Gasteiger partial charge >= 0.3 is 0 Å². The van der Waals surface area contributed by atoms with Crippen molar-refractivity contribution in [1.29, 1.82) is 0 Å². The highest BCUT2D eigenvalue weighted by Gasteiger charge is 2.34. The molecule has 9 nitrogen and oxygen atoms in total. The molecule has 2 saturated carbocycles. The summed E-state index contributed by atoms with van der Waals surface area (Å²) in [5.41, 5.74) is 8.17. The standard InChI is InChI=1S/C26H35N7O2/c1-33-13-11-19(12-14-33)29-25(35)17-7-9-18(10-8-17)30-26-28-15-21(16-5-6-16)24(32-26)31-22-4-2-3-20(22)23(27)34/h7-10,15-16,19-20,22H,2-6,11-14H2,1H3,(H2,27,34)(H,29,35)(H2,28,30,31,32). The van der Waals surface area contributed by atoms with E-state index in [1.54, 1.807) is 0 Å². The number of nitrogens with zero attached hydrogens (tertiary/aromatic N) is 3. The summed E-state index contributed by atoms with van der Waals surface area (Å²) < 4.78 is 0. The van der Waals surface area contributed by atoms with Crippen molar-refractivity contribution in [1.82, 2.24) is 20.2 Å². The number of nitrogens with one attached hydrogen (secondary N) is 3. The zero-order chi connectivity index (χ0) is 24.4. The van der Waals surface area contributed by atoms with Crippen molar-refractivity contribution in [2.75, 3.05) is 30.8 Å². The maximum absolute atomic E-state index is 12.6. The summed E-state index contributed by atoms with van der Waals surface area (Å²) in [5, 5.41) is 9.91. The van der Waals surface area contributed by atoms with E-state index >= 15 is 0 Å². The van der Waals surface area contributed by atoms with Gasteiger partial charge in [0.1, 0.15) is 5.82 Å². The van der Waals surface area contributed by atoms with Crippen molar-refractivity contribution in [2.24, 2.45) is 11.7 Å². The zero-order valence-corrected chi connectivity index (χ0v) is 20.3. The summed E-state index contributed by atoms with van der Waals surface area (Å²) in [6, 6.07) is 7.62. The van der Waals surface area contributed by atoms with Crippen molar-refractivity contribution in [2.45, 2.75) is 62.9 Å². The van der Waals surface area contributed by atoms with E-state index in [0.29, 0.717) is 17.4 Å². The molecule has 1 aliphatic heterocycles. The molecule has 2 aliphatic carbocycles. The minimum absolute atomic E-state index is 0.00936. The molecule has 2 atom stereocenters. The molecule has 1 saturated heterocycles. The van der Waals surface area contributed by atoms with Crippen molar-refractivity contribution >= 4 is 29.3 Å². The highest BCUT2D eigenvalue weighted by molar-refractivity contribution is 5.94. The molecular weight excluding hydrogens is 442 g/mol. The Bertz CT molecular complexity index is 1060. The molecule has 0 spiro atoms. The Labute approximate surface area is 206 Å². The summed E-state index contributed by atoms with van der Waals surface area (Å²) in [7, 11) is 2.11. The molecular formula is C26H35N7O2. The Morgan fingerprint density at radius 2 is 1.77 bits per heavy atom. The lowest BCUT2D eigenvalue weighted by Gasteiger charge is -2.29. The maximum atomic E-state index is 12.6. The number of anilines is 3. The van der Waals surface area contributed by atoms with Gasteiger partial charge in [0.2, 0.25) is 11.9 Å². The number of primary amides is 1. The first-order chi connectivity index (χ1) is 17.0. The van der Waals surface area contributed by atoms with Crippen LogP contribution in [0.2, 0.25) is 0 Å². The molecule has 0 radical (unpaired) electrons. The third-order valence-corrected chi connectivity index (χ3v) is 7.49. The molecule has 1 aromatic heterocycles. The lowest BCUT2D eigenvalue weighted by atomic mass is 10.0. The average Bonchev–Trinajstić information content (AvgIpc) is 3.58. The first-order valence-electron chi connectivity index (χ1n) is 12.8. The zero-order valence-electron chi connectivity index (χ0n) is 20.3. The monoisotopic (exact) mass is 477 g/mol. The van der Waals surface area contributed by atoms with Gasteiger partial charge in [0.25, 0.3) is 5.91 Å². The molecule has 1 aromatic carbocycles. The second-order valence-electron chi connectivity index (χ2n) is 10.2. The van der Waals surface area contributed by atoms with E-state index in [4.69, 9.17) is 10.7 Å². The number of hydrogen-bond donors (Lipinski definition) is 4. The third-order valence-electron chi connectivity index (χ3n) is 7.49. The third kappa shape index (κ3) is 5.73. The fraction of sp³-hybridized carbons (Fsp3) is 0.538. The van der Waals surface area contributed by atoms with E-state index in [0.717, 1.165) is 75.1 Å². The number of aromatic nitrogens is 2. The van der Waals surface area contributed by atoms with Gasteiger partial charge in [-0.25, -0.2) is 4.98 Å². The molecule has 0 bridgehead atoms. The fourth-order valence-corrected chi connectivity index (χ4v) is 5.16. The largest absolute Gasteiger partial charge is 0.369 e. The summed E-state index contributed by atoms with van der Waals surface area (Å²) in [6.45, 7) is 2.02. The van der Waals surface area contributed by atoms with E-state index in [1.807, 2.05) is 30.5 Å². The van der Waals surface area contributed by atoms with Crippen LogP contribution >= 0.6 is 0 Å². The lowest BCUT2D eigenvalue weighted by molar-refractivity contribution is -0.121. The molecule has 3 aliphatic rings. The number of rotatable bonds is 8. The predicted octanol–water partition coefficient (Wildman–Crippen LogP) is 2.99. The molecule has 9 heteroatoms. The van der Waals surface area contributed by atoms with Gasteiger partial charge < -0.3 is 26.6 Å². The van der Waals surface area contributed by atoms with Gasteiger partial charge in [0.05, 0.1) is 5.92 Å². The molecule has 35 heavy (non-hydrogen) atoms. The number of likely N-dealkylation sites (tertiary alicyclic amines) is 1.